The number of hydrogen-bond acceptors (Lipinski definition) is 6. The zero-order valence-corrected chi connectivity index (χ0v) is 46.2. The second kappa shape index (κ2) is 58.6. The Morgan fingerprint density at radius 2 is 0.577 bits per heavy atom. The summed E-state index contributed by atoms with van der Waals surface area (Å²) in [5, 5.41) is 0. The van der Waals surface area contributed by atoms with E-state index in [4.69, 9.17) is 14.2 Å². The first-order valence-electron chi connectivity index (χ1n) is 29.4. The number of ether oxygens (including phenoxy) is 3. The van der Waals surface area contributed by atoms with Crippen LogP contribution in [-0.2, 0) is 28.6 Å². The molecule has 0 aliphatic heterocycles. The molecular formula is C65H108O6. The molecule has 0 aliphatic carbocycles. The van der Waals surface area contributed by atoms with E-state index in [1.165, 1.54) is 77.0 Å². The van der Waals surface area contributed by atoms with Crippen molar-refractivity contribution in [3.05, 3.63) is 109 Å². The molecule has 0 rings (SSSR count). The molecule has 1 unspecified atom stereocenters. The Morgan fingerprint density at radius 1 is 0.296 bits per heavy atom. The van der Waals surface area contributed by atoms with Gasteiger partial charge in [0.1, 0.15) is 13.2 Å². The van der Waals surface area contributed by atoms with Crippen molar-refractivity contribution < 1.29 is 28.6 Å². The largest absolute Gasteiger partial charge is 0.462 e. The molecule has 0 aromatic heterocycles. The Hall–Kier alpha value is -3.93. The van der Waals surface area contributed by atoms with E-state index in [0.29, 0.717) is 19.3 Å². The number of carbonyl (C=O) groups excluding carboxylic acids is 3. The molecule has 0 spiro atoms. The molecule has 0 aromatic rings. The highest BCUT2D eigenvalue weighted by Gasteiger charge is 2.19. The fraction of sp³-hybridized carbons (Fsp3) is 0.677. The van der Waals surface area contributed by atoms with Crippen LogP contribution in [0.15, 0.2) is 109 Å². The minimum absolute atomic E-state index is 0.0982. The van der Waals surface area contributed by atoms with Crippen LogP contribution in [0.1, 0.15) is 265 Å². The second-order valence-corrected chi connectivity index (χ2v) is 19.2. The lowest BCUT2D eigenvalue weighted by atomic mass is 10.1. The van der Waals surface area contributed by atoms with Gasteiger partial charge in [0.15, 0.2) is 6.10 Å². The third kappa shape index (κ3) is 56.9. The van der Waals surface area contributed by atoms with Crippen molar-refractivity contribution in [3.8, 4) is 0 Å². The van der Waals surface area contributed by atoms with E-state index in [-0.39, 0.29) is 31.1 Å². The normalized spacial score (nSPS) is 12.9. The molecule has 0 saturated carbocycles. The zero-order valence-electron chi connectivity index (χ0n) is 46.2. The van der Waals surface area contributed by atoms with Crippen LogP contribution in [0.4, 0.5) is 0 Å². The van der Waals surface area contributed by atoms with E-state index in [2.05, 4.69) is 130 Å². The average molecular weight is 986 g/mol. The molecule has 0 fully saturated rings. The summed E-state index contributed by atoms with van der Waals surface area (Å²) in [6.07, 6.45) is 79.4. The van der Waals surface area contributed by atoms with Crippen LogP contribution >= 0.6 is 0 Å². The zero-order chi connectivity index (χ0) is 51.4. The van der Waals surface area contributed by atoms with Crippen molar-refractivity contribution in [3.63, 3.8) is 0 Å². The second-order valence-electron chi connectivity index (χ2n) is 19.2. The van der Waals surface area contributed by atoms with Crippen LogP contribution in [0.5, 0.6) is 0 Å². The van der Waals surface area contributed by atoms with Gasteiger partial charge in [-0.3, -0.25) is 14.4 Å². The molecule has 0 N–H and O–H groups in total. The summed E-state index contributed by atoms with van der Waals surface area (Å²) in [5.41, 5.74) is 0. The lowest BCUT2D eigenvalue weighted by Crippen LogP contribution is -2.30. The summed E-state index contributed by atoms with van der Waals surface area (Å²) in [4.78, 5) is 38.2. The van der Waals surface area contributed by atoms with Gasteiger partial charge in [-0.15, -0.1) is 0 Å². The Labute approximate surface area is 438 Å². The minimum Gasteiger partial charge on any atom is -0.462 e. The standard InChI is InChI=1S/C65H108O6/c1-4-7-10-13-16-19-22-25-27-29-30-31-32-33-34-36-37-40-43-46-49-52-55-58-64(67)70-61-62(60-69-63(66)57-54-51-48-45-42-39-24-21-18-15-12-9-6-3)71-65(68)59-56-53-50-47-44-41-38-35-28-26-23-20-17-14-11-8-5-2/h8,11-12,15,17,20-22,24-26,28-30,32-33,38,41,62H,4-7,9-10,13-14,16,18-19,23,27,31,34-37,39-40,42-61H2,1-3H3/b11-8-,15-12-,20-17-,24-21-,25-22-,28-26-,30-29-,33-32-,41-38-. The molecule has 0 radical (unpaired) electrons. The highest BCUT2D eigenvalue weighted by atomic mass is 16.6. The summed E-state index contributed by atoms with van der Waals surface area (Å²) in [6.45, 7) is 6.41. The molecule has 0 saturated heterocycles. The lowest BCUT2D eigenvalue weighted by molar-refractivity contribution is -0.167. The van der Waals surface area contributed by atoms with Crippen molar-refractivity contribution in [2.75, 3.05) is 13.2 Å². The van der Waals surface area contributed by atoms with Gasteiger partial charge in [-0.25, -0.2) is 0 Å². The Bertz CT molecular complexity index is 1460. The average Bonchev–Trinajstić information content (AvgIpc) is 3.37. The van der Waals surface area contributed by atoms with Crippen LogP contribution in [0, 0.1) is 0 Å². The number of carbonyl (C=O) groups is 3. The van der Waals surface area contributed by atoms with Crippen molar-refractivity contribution in [2.24, 2.45) is 0 Å². The van der Waals surface area contributed by atoms with E-state index < -0.39 is 6.10 Å². The van der Waals surface area contributed by atoms with Crippen LogP contribution in [-0.4, -0.2) is 37.2 Å². The molecule has 0 aliphatic rings. The molecule has 6 heteroatoms. The highest BCUT2D eigenvalue weighted by molar-refractivity contribution is 5.71. The minimum atomic E-state index is -0.803. The number of allylic oxidation sites excluding steroid dienone is 18. The maximum Gasteiger partial charge on any atom is 0.306 e. The van der Waals surface area contributed by atoms with E-state index >= 15 is 0 Å². The first-order valence-corrected chi connectivity index (χ1v) is 29.4. The van der Waals surface area contributed by atoms with Gasteiger partial charge in [-0.05, 0) is 122 Å². The van der Waals surface area contributed by atoms with Crippen LogP contribution < -0.4 is 0 Å². The van der Waals surface area contributed by atoms with Gasteiger partial charge in [-0.2, -0.15) is 0 Å². The monoisotopic (exact) mass is 985 g/mol. The van der Waals surface area contributed by atoms with Crippen molar-refractivity contribution >= 4 is 17.9 Å². The molecule has 0 bridgehead atoms. The summed E-state index contributed by atoms with van der Waals surface area (Å²) in [5.74, 6) is -0.943. The molecule has 6 nitrogen and oxygen atoms in total. The van der Waals surface area contributed by atoms with Crippen LogP contribution in [0.3, 0.4) is 0 Å². The molecule has 0 amide bonds. The first kappa shape index (κ1) is 67.1. The van der Waals surface area contributed by atoms with Crippen molar-refractivity contribution in [2.45, 2.75) is 271 Å². The number of esters is 3. The van der Waals surface area contributed by atoms with Gasteiger partial charge >= 0.3 is 17.9 Å². The molecule has 1 atom stereocenters. The van der Waals surface area contributed by atoms with Crippen molar-refractivity contribution in [1.82, 2.24) is 0 Å². The predicted molar refractivity (Wildman–Crippen MR) is 307 cm³/mol. The molecular weight excluding hydrogens is 877 g/mol. The fourth-order valence-corrected chi connectivity index (χ4v) is 7.83. The van der Waals surface area contributed by atoms with E-state index in [1.54, 1.807) is 0 Å². The summed E-state index contributed by atoms with van der Waals surface area (Å²) < 4.78 is 16.8. The van der Waals surface area contributed by atoms with Gasteiger partial charge in [0.05, 0.1) is 0 Å². The number of hydrogen-bond donors (Lipinski definition) is 0. The maximum atomic E-state index is 12.9. The fourth-order valence-electron chi connectivity index (χ4n) is 7.83. The van der Waals surface area contributed by atoms with Crippen LogP contribution in [0.25, 0.3) is 0 Å². The first-order chi connectivity index (χ1) is 35.0. The molecule has 0 heterocycles. The predicted octanol–water partition coefficient (Wildman–Crippen LogP) is 19.9. The maximum absolute atomic E-state index is 12.9. The topological polar surface area (TPSA) is 78.9 Å². The lowest BCUT2D eigenvalue weighted by Gasteiger charge is -2.18. The van der Waals surface area contributed by atoms with Gasteiger partial charge in [0.25, 0.3) is 0 Å². The van der Waals surface area contributed by atoms with Gasteiger partial charge in [0, 0.05) is 19.3 Å². The summed E-state index contributed by atoms with van der Waals surface area (Å²) >= 11 is 0. The third-order valence-corrected chi connectivity index (χ3v) is 12.2. The smallest absolute Gasteiger partial charge is 0.306 e. The van der Waals surface area contributed by atoms with Crippen molar-refractivity contribution in [1.29, 1.82) is 0 Å². The molecule has 0 aromatic carbocycles. The van der Waals surface area contributed by atoms with Crippen LogP contribution in [0.2, 0.25) is 0 Å². The SMILES string of the molecule is CC/C=C\C/C=C\C/C=C\C/C=C\CCCCCCC(=O)OC(COC(=O)CCCCCCC/C=C\C/C=C\CCC)COC(=O)CCCCCCCCCC/C=C\C/C=C\C/C=C\CCCCCCC. The van der Waals surface area contributed by atoms with Gasteiger partial charge in [0.2, 0.25) is 0 Å². The van der Waals surface area contributed by atoms with E-state index in [1.807, 2.05) is 0 Å². The number of unbranched alkanes of at least 4 members (excludes halogenated alkanes) is 23. The van der Waals surface area contributed by atoms with Gasteiger partial charge < -0.3 is 14.2 Å². The number of rotatable bonds is 52. The quantitative estimate of drug-likeness (QED) is 0.0261. The Kier molecular flexibility index (Phi) is 55.4. The van der Waals surface area contributed by atoms with E-state index in [9.17, 15) is 14.4 Å². The molecule has 404 valence electrons. The summed E-state index contributed by atoms with van der Waals surface area (Å²) in [7, 11) is 0. The third-order valence-electron chi connectivity index (χ3n) is 12.2. The summed E-state index contributed by atoms with van der Waals surface area (Å²) in [6, 6.07) is 0. The highest BCUT2D eigenvalue weighted by Crippen LogP contribution is 2.14. The Balaban J connectivity index is 4.41. The van der Waals surface area contributed by atoms with Gasteiger partial charge in [-0.1, -0.05) is 233 Å². The molecule has 71 heavy (non-hydrogen) atoms. The van der Waals surface area contributed by atoms with E-state index in [0.717, 1.165) is 148 Å². The Morgan fingerprint density at radius 3 is 0.915 bits per heavy atom.